The highest BCUT2D eigenvalue weighted by Crippen LogP contribution is 2.37. The van der Waals surface area contributed by atoms with Crippen LogP contribution in [-0.2, 0) is 19.6 Å². The van der Waals surface area contributed by atoms with Gasteiger partial charge in [0.05, 0.1) is 0 Å². The fourth-order valence-corrected chi connectivity index (χ4v) is 1.67. The SMILES string of the molecule is O=[P+](O)OC(O)(OPO)c1ccc(F)cc1. The molecule has 16 heavy (non-hydrogen) atoms. The van der Waals surface area contributed by atoms with Crippen LogP contribution in [-0.4, -0.2) is 14.9 Å². The number of hydrogen-bond acceptors (Lipinski definition) is 5. The van der Waals surface area contributed by atoms with E-state index in [1.165, 1.54) is 0 Å². The van der Waals surface area contributed by atoms with E-state index in [2.05, 4.69) is 9.05 Å². The lowest BCUT2D eigenvalue weighted by Crippen LogP contribution is -2.27. The molecule has 0 aliphatic heterocycles. The van der Waals surface area contributed by atoms with E-state index in [0.29, 0.717) is 0 Å². The quantitative estimate of drug-likeness (QED) is 0.547. The Morgan fingerprint density at radius 1 is 1.38 bits per heavy atom. The van der Waals surface area contributed by atoms with Crippen molar-refractivity contribution in [2.24, 2.45) is 0 Å². The Morgan fingerprint density at radius 2 is 1.94 bits per heavy atom. The summed E-state index contributed by atoms with van der Waals surface area (Å²) in [7, 11) is -4.33. The van der Waals surface area contributed by atoms with Crippen LogP contribution in [0.5, 0.6) is 0 Å². The molecule has 0 amide bonds. The highest BCUT2D eigenvalue weighted by Gasteiger charge is 2.42. The highest BCUT2D eigenvalue weighted by atomic mass is 31.1. The van der Waals surface area contributed by atoms with E-state index >= 15 is 0 Å². The summed E-state index contributed by atoms with van der Waals surface area (Å²) in [6, 6.07) is 4.18. The molecule has 0 aromatic heterocycles. The molecule has 3 unspecified atom stereocenters. The van der Waals surface area contributed by atoms with E-state index < -0.39 is 29.1 Å². The van der Waals surface area contributed by atoms with E-state index in [1.54, 1.807) is 0 Å². The molecular weight excluding hydrogens is 261 g/mol. The fourth-order valence-electron chi connectivity index (χ4n) is 0.958. The zero-order valence-corrected chi connectivity index (χ0v) is 9.60. The van der Waals surface area contributed by atoms with Crippen molar-refractivity contribution >= 4 is 17.3 Å². The predicted octanol–water partition coefficient (Wildman–Crippen LogP) is 1.11. The van der Waals surface area contributed by atoms with Crippen LogP contribution < -0.4 is 0 Å². The lowest BCUT2D eigenvalue weighted by molar-refractivity contribution is -0.282. The molecule has 0 saturated heterocycles. The third-order valence-corrected chi connectivity index (χ3v) is 2.37. The normalized spacial score (nSPS) is 16.4. The number of aliphatic hydroxyl groups is 1. The molecule has 0 fully saturated rings. The van der Waals surface area contributed by atoms with Gasteiger partial charge in [0.25, 0.3) is 0 Å². The lowest BCUT2D eigenvalue weighted by atomic mass is 10.2. The Morgan fingerprint density at radius 3 is 2.38 bits per heavy atom. The Labute approximate surface area is 92.5 Å². The first-order valence-electron chi connectivity index (χ1n) is 3.89. The Hall–Kier alpha value is -0.520. The topological polar surface area (TPSA) is 96.2 Å². The zero-order valence-electron chi connectivity index (χ0n) is 7.70. The first kappa shape index (κ1) is 13.5. The maximum absolute atomic E-state index is 12.6. The van der Waals surface area contributed by atoms with Gasteiger partial charge >= 0.3 is 14.2 Å². The van der Waals surface area contributed by atoms with Gasteiger partial charge in [-0.3, -0.25) is 4.52 Å². The molecule has 1 aromatic carbocycles. The Balaban J connectivity index is 3.00. The molecule has 0 bridgehead atoms. The lowest BCUT2D eigenvalue weighted by Gasteiger charge is -2.19. The second kappa shape index (κ2) is 5.70. The monoisotopic (exact) mass is 269 g/mol. The molecular formula is C7H8FO6P2+. The van der Waals surface area contributed by atoms with E-state index in [-0.39, 0.29) is 5.56 Å². The molecule has 0 spiro atoms. The van der Waals surface area contributed by atoms with Gasteiger partial charge in [-0.25, -0.2) is 4.39 Å². The zero-order chi connectivity index (χ0) is 12.2. The largest absolute Gasteiger partial charge is 0.700 e. The van der Waals surface area contributed by atoms with Gasteiger partial charge < -0.3 is 10.00 Å². The summed E-state index contributed by atoms with van der Waals surface area (Å²) in [4.78, 5) is 17.1. The molecule has 88 valence electrons. The fraction of sp³-hybridized carbons (Fsp3) is 0.143. The highest BCUT2D eigenvalue weighted by molar-refractivity contribution is 7.32. The van der Waals surface area contributed by atoms with Gasteiger partial charge in [0.2, 0.25) is 0 Å². The van der Waals surface area contributed by atoms with Gasteiger partial charge in [-0.05, 0) is 28.8 Å². The van der Waals surface area contributed by atoms with E-state index in [4.69, 9.17) is 9.79 Å². The molecule has 3 N–H and O–H groups in total. The van der Waals surface area contributed by atoms with E-state index in [1.807, 2.05) is 0 Å². The molecule has 0 radical (unpaired) electrons. The van der Waals surface area contributed by atoms with E-state index in [0.717, 1.165) is 24.3 Å². The summed E-state index contributed by atoms with van der Waals surface area (Å²) in [5, 5.41) is 9.68. The van der Waals surface area contributed by atoms with Gasteiger partial charge in [0.15, 0.2) is 9.03 Å². The first-order chi connectivity index (χ1) is 7.48. The van der Waals surface area contributed by atoms with E-state index in [9.17, 15) is 14.1 Å². The van der Waals surface area contributed by atoms with Crippen molar-refractivity contribution < 1.29 is 32.9 Å². The second-order valence-corrected chi connectivity index (χ2v) is 3.66. The number of rotatable bonds is 5. The summed E-state index contributed by atoms with van der Waals surface area (Å²) in [6.07, 6.45) is 0. The second-order valence-electron chi connectivity index (χ2n) is 2.61. The van der Waals surface area contributed by atoms with Crippen LogP contribution in [0.25, 0.3) is 0 Å². The third kappa shape index (κ3) is 3.50. The summed E-state index contributed by atoms with van der Waals surface area (Å²) >= 11 is 0. The molecule has 0 aliphatic carbocycles. The number of hydrogen-bond donors (Lipinski definition) is 3. The predicted molar refractivity (Wildman–Crippen MR) is 52.8 cm³/mol. The standard InChI is InChI=1S/C7H7FO6P2/c8-6-3-1-5(2-4-6)7(9,13-15-10)14-16(11)12/h1-4,9-10,15H/p+1. The number of benzene rings is 1. The van der Waals surface area contributed by atoms with Gasteiger partial charge in [0.1, 0.15) is 5.82 Å². The van der Waals surface area contributed by atoms with Crippen molar-refractivity contribution in [1.29, 1.82) is 0 Å². The van der Waals surface area contributed by atoms with Crippen molar-refractivity contribution in [3.63, 3.8) is 0 Å². The van der Waals surface area contributed by atoms with Crippen LogP contribution in [0.4, 0.5) is 4.39 Å². The van der Waals surface area contributed by atoms with Crippen LogP contribution in [0.15, 0.2) is 24.3 Å². The van der Waals surface area contributed by atoms with Gasteiger partial charge in [-0.2, -0.15) is 0 Å². The summed E-state index contributed by atoms with van der Waals surface area (Å²) in [5.41, 5.74) is -0.118. The van der Waals surface area contributed by atoms with Crippen LogP contribution in [0, 0.1) is 5.82 Å². The van der Waals surface area contributed by atoms with Crippen LogP contribution in [0.1, 0.15) is 5.56 Å². The first-order valence-corrected chi connectivity index (χ1v) is 5.87. The minimum absolute atomic E-state index is 0.118. The van der Waals surface area contributed by atoms with Crippen LogP contribution in [0.2, 0.25) is 0 Å². The van der Waals surface area contributed by atoms with Gasteiger partial charge in [-0.1, -0.05) is 0 Å². The average Bonchev–Trinajstić information content (AvgIpc) is 2.17. The molecule has 0 aliphatic rings. The maximum atomic E-state index is 12.6. The van der Waals surface area contributed by atoms with Crippen LogP contribution in [0.3, 0.4) is 0 Å². The molecule has 0 saturated carbocycles. The van der Waals surface area contributed by atoms with Crippen LogP contribution >= 0.6 is 17.3 Å². The summed E-state index contributed by atoms with van der Waals surface area (Å²) in [5.74, 6) is -3.14. The minimum atomic E-state index is -3.16. The molecule has 0 heterocycles. The van der Waals surface area contributed by atoms with Crippen molar-refractivity contribution in [3.8, 4) is 0 Å². The minimum Gasteiger partial charge on any atom is -0.352 e. The van der Waals surface area contributed by atoms with Crippen molar-refractivity contribution in [2.45, 2.75) is 5.97 Å². The van der Waals surface area contributed by atoms with Gasteiger partial charge in [-0.15, -0.1) is 4.89 Å². The van der Waals surface area contributed by atoms with Crippen molar-refractivity contribution in [1.82, 2.24) is 0 Å². The van der Waals surface area contributed by atoms with Gasteiger partial charge in [0, 0.05) is 10.1 Å². The average molecular weight is 269 g/mol. The molecule has 1 rings (SSSR count). The molecule has 1 aromatic rings. The molecule has 9 heteroatoms. The maximum Gasteiger partial charge on any atom is 0.700 e. The van der Waals surface area contributed by atoms with Crippen molar-refractivity contribution in [3.05, 3.63) is 35.6 Å². The third-order valence-electron chi connectivity index (χ3n) is 1.59. The number of halogens is 1. The Bertz CT molecular complexity index is 372. The smallest absolute Gasteiger partial charge is 0.352 e. The molecule has 6 nitrogen and oxygen atoms in total. The van der Waals surface area contributed by atoms with Crippen molar-refractivity contribution in [2.75, 3.05) is 0 Å². The summed E-state index contributed by atoms with van der Waals surface area (Å²) in [6.45, 7) is 0. The summed E-state index contributed by atoms with van der Waals surface area (Å²) < 4.78 is 31.7. The molecule has 3 atom stereocenters. The Kier molecular flexibility index (Phi) is 4.83.